The first-order valence-corrected chi connectivity index (χ1v) is 8.62. The van der Waals surface area contributed by atoms with Crippen molar-refractivity contribution in [3.05, 3.63) is 23.2 Å². The van der Waals surface area contributed by atoms with Crippen molar-refractivity contribution >= 4 is 23.3 Å². The highest BCUT2D eigenvalue weighted by atomic mass is 35.5. The predicted octanol–water partition coefficient (Wildman–Crippen LogP) is 3.92. The lowest BCUT2D eigenvalue weighted by Gasteiger charge is -2.48. The van der Waals surface area contributed by atoms with Gasteiger partial charge in [-0.3, -0.25) is 0 Å². The monoisotopic (exact) mass is 338 g/mol. The highest BCUT2D eigenvalue weighted by Crippen LogP contribution is 2.38. The average molecular weight is 339 g/mol. The molecule has 1 aliphatic heterocycles. The molecule has 23 heavy (non-hydrogen) atoms. The van der Waals surface area contributed by atoms with E-state index in [1.165, 1.54) is 6.42 Å². The maximum atomic E-state index is 12.6. The van der Waals surface area contributed by atoms with Crippen LogP contribution in [0.25, 0.3) is 0 Å². The minimum Gasteiger partial charge on any atom is -0.491 e. The molecule has 0 radical (unpaired) electrons. The molecule has 0 unspecified atom stereocenters. The van der Waals surface area contributed by atoms with E-state index >= 15 is 0 Å². The Kier molecular flexibility index (Phi) is 4.97. The van der Waals surface area contributed by atoms with E-state index in [0.29, 0.717) is 42.8 Å². The maximum absolute atomic E-state index is 12.6. The van der Waals surface area contributed by atoms with Crippen molar-refractivity contribution < 1.29 is 14.3 Å². The Balaban J connectivity index is 1.68. The van der Waals surface area contributed by atoms with Crippen LogP contribution in [0.2, 0.25) is 5.02 Å². The summed E-state index contributed by atoms with van der Waals surface area (Å²) in [6.07, 6.45) is 4.17. The molecule has 0 atom stereocenters. The Bertz CT molecular complexity index is 575. The first kappa shape index (κ1) is 16.4. The molecular weight excluding hydrogens is 316 g/mol. The molecule has 0 aromatic heterocycles. The van der Waals surface area contributed by atoms with Gasteiger partial charge in [0.05, 0.1) is 31.0 Å². The second kappa shape index (κ2) is 6.97. The van der Waals surface area contributed by atoms with E-state index in [1.54, 1.807) is 18.2 Å². The molecule has 1 saturated carbocycles. The van der Waals surface area contributed by atoms with Gasteiger partial charge in [-0.15, -0.1) is 0 Å². The van der Waals surface area contributed by atoms with E-state index in [1.807, 2.05) is 11.8 Å². The van der Waals surface area contributed by atoms with Crippen LogP contribution in [0.5, 0.6) is 5.75 Å². The number of urea groups is 1. The first-order valence-electron chi connectivity index (χ1n) is 8.24. The number of ether oxygens (including phenoxy) is 2. The second-order valence-electron chi connectivity index (χ2n) is 6.23. The van der Waals surface area contributed by atoms with Crippen LogP contribution >= 0.6 is 11.6 Å². The number of benzene rings is 1. The molecular formula is C17H23ClN2O3. The number of morpholine rings is 1. The van der Waals surface area contributed by atoms with E-state index in [9.17, 15) is 4.79 Å². The number of nitrogens with one attached hydrogen (secondary N) is 1. The van der Waals surface area contributed by atoms with Crippen LogP contribution in [0.15, 0.2) is 18.2 Å². The number of carbonyl (C=O) groups excluding carboxylic acids is 1. The van der Waals surface area contributed by atoms with Gasteiger partial charge < -0.3 is 19.7 Å². The fraction of sp³-hybridized carbons (Fsp3) is 0.588. The number of carbonyl (C=O) groups is 1. The van der Waals surface area contributed by atoms with E-state index in [2.05, 4.69) is 5.32 Å². The minimum atomic E-state index is -0.122. The molecule has 3 rings (SSSR count). The SMILES string of the molecule is CCCOc1ccc(Cl)cc1NC(=O)N1CCOC2(CCC2)C1. The van der Waals surface area contributed by atoms with E-state index < -0.39 is 0 Å². The van der Waals surface area contributed by atoms with E-state index in [4.69, 9.17) is 21.1 Å². The van der Waals surface area contributed by atoms with Crippen molar-refractivity contribution in [2.24, 2.45) is 0 Å². The van der Waals surface area contributed by atoms with Gasteiger partial charge in [0.25, 0.3) is 0 Å². The molecule has 1 aromatic carbocycles. The lowest BCUT2D eigenvalue weighted by molar-refractivity contribution is -0.140. The van der Waals surface area contributed by atoms with Crippen LogP contribution in [-0.2, 0) is 4.74 Å². The van der Waals surface area contributed by atoms with Gasteiger partial charge in [-0.2, -0.15) is 0 Å². The Morgan fingerprint density at radius 3 is 3.00 bits per heavy atom. The largest absolute Gasteiger partial charge is 0.491 e. The number of halogens is 1. The van der Waals surface area contributed by atoms with Gasteiger partial charge in [0.1, 0.15) is 5.75 Å². The van der Waals surface area contributed by atoms with Crippen molar-refractivity contribution in [1.29, 1.82) is 0 Å². The van der Waals surface area contributed by atoms with Crippen LogP contribution in [0.1, 0.15) is 32.6 Å². The molecule has 6 heteroatoms. The molecule has 1 aromatic rings. The number of hydrogen-bond acceptors (Lipinski definition) is 3. The summed E-state index contributed by atoms with van der Waals surface area (Å²) in [5, 5.41) is 3.51. The second-order valence-corrected chi connectivity index (χ2v) is 6.66. The Hall–Kier alpha value is -1.46. The third-order valence-electron chi connectivity index (χ3n) is 4.45. The van der Waals surface area contributed by atoms with E-state index in [0.717, 1.165) is 19.3 Å². The molecule has 1 spiro atoms. The third kappa shape index (κ3) is 3.72. The number of nitrogens with zero attached hydrogens (tertiary/aromatic N) is 1. The molecule has 2 amide bonds. The molecule has 1 N–H and O–H groups in total. The standard InChI is InChI=1S/C17H23ClN2O3/c1-2-9-22-15-5-4-13(18)11-14(15)19-16(21)20-8-10-23-17(12-20)6-3-7-17/h4-5,11H,2-3,6-10,12H2,1H3,(H,19,21). The van der Waals surface area contributed by atoms with Crippen molar-refractivity contribution in [1.82, 2.24) is 4.90 Å². The quantitative estimate of drug-likeness (QED) is 0.905. The summed E-state index contributed by atoms with van der Waals surface area (Å²) in [5.74, 6) is 0.649. The molecule has 126 valence electrons. The summed E-state index contributed by atoms with van der Waals surface area (Å²) in [4.78, 5) is 14.4. The molecule has 1 heterocycles. The van der Waals surface area contributed by atoms with Crippen LogP contribution < -0.4 is 10.1 Å². The van der Waals surface area contributed by atoms with Gasteiger partial charge in [-0.25, -0.2) is 4.79 Å². The smallest absolute Gasteiger partial charge is 0.322 e. The van der Waals surface area contributed by atoms with Crippen molar-refractivity contribution in [3.63, 3.8) is 0 Å². The maximum Gasteiger partial charge on any atom is 0.322 e. The molecule has 2 aliphatic rings. The van der Waals surface area contributed by atoms with Gasteiger partial charge in [-0.05, 0) is 43.9 Å². The van der Waals surface area contributed by atoms with Gasteiger partial charge in [0.15, 0.2) is 0 Å². The third-order valence-corrected chi connectivity index (χ3v) is 4.68. The van der Waals surface area contributed by atoms with Gasteiger partial charge in [0.2, 0.25) is 0 Å². The predicted molar refractivity (Wildman–Crippen MR) is 90.4 cm³/mol. The van der Waals surface area contributed by atoms with Crippen LogP contribution in [0, 0.1) is 0 Å². The lowest BCUT2D eigenvalue weighted by Crippen LogP contribution is -2.57. The Morgan fingerprint density at radius 1 is 1.48 bits per heavy atom. The summed E-state index contributed by atoms with van der Waals surface area (Å²) >= 11 is 6.06. The van der Waals surface area contributed by atoms with Crippen molar-refractivity contribution in [2.75, 3.05) is 31.6 Å². The van der Waals surface area contributed by atoms with Crippen LogP contribution in [0.3, 0.4) is 0 Å². The highest BCUT2D eigenvalue weighted by Gasteiger charge is 2.43. The fourth-order valence-corrected chi connectivity index (χ4v) is 3.20. The van der Waals surface area contributed by atoms with E-state index in [-0.39, 0.29) is 11.6 Å². The lowest BCUT2D eigenvalue weighted by atomic mass is 9.79. The average Bonchev–Trinajstić information content (AvgIpc) is 2.53. The molecule has 5 nitrogen and oxygen atoms in total. The normalized spacial score (nSPS) is 19.3. The van der Waals surface area contributed by atoms with Gasteiger partial charge in [0, 0.05) is 11.6 Å². The molecule has 0 bridgehead atoms. The van der Waals surface area contributed by atoms with Gasteiger partial charge >= 0.3 is 6.03 Å². The number of rotatable bonds is 4. The first-order chi connectivity index (χ1) is 11.1. The zero-order valence-corrected chi connectivity index (χ0v) is 14.2. The summed E-state index contributed by atoms with van der Waals surface area (Å²) < 4.78 is 11.5. The minimum absolute atomic E-state index is 0.106. The summed E-state index contributed by atoms with van der Waals surface area (Å²) in [7, 11) is 0. The van der Waals surface area contributed by atoms with Crippen LogP contribution in [0.4, 0.5) is 10.5 Å². The zero-order valence-electron chi connectivity index (χ0n) is 13.4. The summed E-state index contributed by atoms with van der Waals surface area (Å²) in [6, 6.07) is 5.16. The van der Waals surface area contributed by atoms with Crippen LogP contribution in [-0.4, -0.2) is 42.8 Å². The Labute approximate surface area is 141 Å². The Morgan fingerprint density at radius 2 is 2.30 bits per heavy atom. The summed E-state index contributed by atoms with van der Waals surface area (Å²) in [5.41, 5.74) is 0.510. The zero-order chi connectivity index (χ0) is 16.3. The summed E-state index contributed by atoms with van der Waals surface area (Å²) in [6.45, 7) is 4.51. The molecule has 2 fully saturated rings. The number of hydrogen-bond donors (Lipinski definition) is 1. The van der Waals surface area contributed by atoms with Crippen molar-refractivity contribution in [3.8, 4) is 5.75 Å². The van der Waals surface area contributed by atoms with Gasteiger partial charge in [-0.1, -0.05) is 18.5 Å². The molecule has 1 aliphatic carbocycles. The number of anilines is 1. The van der Waals surface area contributed by atoms with Crippen molar-refractivity contribution in [2.45, 2.75) is 38.2 Å². The number of amides is 2. The highest BCUT2D eigenvalue weighted by molar-refractivity contribution is 6.31. The topological polar surface area (TPSA) is 50.8 Å². The molecule has 1 saturated heterocycles. The fourth-order valence-electron chi connectivity index (χ4n) is 3.02.